The number of rotatable bonds is 3. The molecule has 0 bridgehead atoms. The highest BCUT2D eigenvalue weighted by atomic mass is 35.5. The molecular formula is C12H19ClN2O. The summed E-state index contributed by atoms with van der Waals surface area (Å²) in [5.74, 6) is -0.0358. The Kier molecular flexibility index (Phi) is 6.08. The van der Waals surface area contributed by atoms with Crippen LogP contribution in [0.3, 0.4) is 0 Å². The van der Waals surface area contributed by atoms with E-state index in [2.05, 4.69) is 0 Å². The molecule has 0 saturated heterocycles. The van der Waals surface area contributed by atoms with Crippen LogP contribution in [0.25, 0.3) is 0 Å². The van der Waals surface area contributed by atoms with Gasteiger partial charge in [-0.25, -0.2) is 0 Å². The Balaban J connectivity index is 0.00000225. The summed E-state index contributed by atoms with van der Waals surface area (Å²) >= 11 is 0. The van der Waals surface area contributed by atoms with Crippen LogP contribution >= 0.6 is 12.4 Å². The molecule has 0 aromatic heterocycles. The van der Waals surface area contributed by atoms with Crippen LogP contribution in [0.15, 0.2) is 30.3 Å². The second-order valence-electron chi connectivity index (χ2n) is 3.82. The quantitative estimate of drug-likeness (QED) is 0.881. The molecule has 0 aliphatic heterocycles. The maximum atomic E-state index is 11.7. The van der Waals surface area contributed by atoms with Crippen molar-refractivity contribution >= 4 is 18.3 Å². The number of nitrogens with two attached hydrogens (primary N) is 1. The number of benzene rings is 1. The van der Waals surface area contributed by atoms with Gasteiger partial charge in [-0.2, -0.15) is 0 Å². The highest BCUT2D eigenvalue weighted by Crippen LogP contribution is 2.18. The van der Waals surface area contributed by atoms with Gasteiger partial charge in [0.25, 0.3) is 0 Å². The SMILES string of the molecule is CC(c1ccccc1)N(C)C(=O)[C@H](C)N.Cl. The molecule has 1 rings (SSSR count). The highest BCUT2D eigenvalue weighted by molar-refractivity contribution is 5.85. The molecule has 1 unspecified atom stereocenters. The molecule has 4 heteroatoms. The van der Waals surface area contributed by atoms with E-state index >= 15 is 0 Å². The molecule has 0 heterocycles. The lowest BCUT2D eigenvalue weighted by atomic mass is 10.1. The molecule has 90 valence electrons. The number of halogens is 1. The monoisotopic (exact) mass is 242 g/mol. The van der Waals surface area contributed by atoms with E-state index in [9.17, 15) is 4.79 Å². The summed E-state index contributed by atoms with van der Waals surface area (Å²) in [6.07, 6.45) is 0. The molecule has 1 amide bonds. The summed E-state index contributed by atoms with van der Waals surface area (Å²) in [5, 5.41) is 0. The van der Waals surface area contributed by atoms with Crippen LogP contribution in [0.5, 0.6) is 0 Å². The van der Waals surface area contributed by atoms with Crippen molar-refractivity contribution in [1.29, 1.82) is 0 Å². The first-order valence-corrected chi connectivity index (χ1v) is 5.11. The van der Waals surface area contributed by atoms with Gasteiger partial charge in [-0.3, -0.25) is 4.79 Å². The van der Waals surface area contributed by atoms with Crippen molar-refractivity contribution in [2.75, 3.05) is 7.05 Å². The van der Waals surface area contributed by atoms with Gasteiger partial charge in [0, 0.05) is 7.05 Å². The van der Waals surface area contributed by atoms with Crippen molar-refractivity contribution in [3.63, 3.8) is 0 Å². The van der Waals surface area contributed by atoms with Crippen LogP contribution in [0.4, 0.5) is 0 Å². The summed E-state index contributed by atoms with van der Waals surface area (Å²) < 4.78 is 0. The summed E-state index contributed by atoms with van der Waals surface area (Å²) in [5.41, 5.74) is 6.68. The van der Waals surface area contributed by atoms with Crippen LogP contribution in [0.1, 0.15) is 25.5 Å². The first-order chi connectivity index (χ1) is 7.04. The minimum atomic E-state index is -0.443. The van der Waals surface area contributed by atoms with E-state index in [1.807, 2.05) is 37.3 Å². The maximum absolute atomic E-state index is 11.7. The fraction of sp³-hybridized carbons (Fsp3) is 0.417. The third-order valence-electron chi connectivity index (χ3n) is 2.60. The highest BCUT2D eigenvalue weighted by Gasteiger charge is 2.19. The van der Waals surface area contributed by atoms with Gasteiger partial charge < -0.3 is 10.6 Å². The summed E-state index contributed by atoms with van der Waals surface area (Å²) in [6.45, 7) is 3.70. The van der Waals surface area contributed by atoms with Crippen molar-refractivity contribution in [1.82, 2.24) is 4.90 Å². The third-order valence-corrected chi connectivity index (χ3v) is 2.60. The zero-order valence-electron chi connectivity index (χ0n) is 9.88. The van der Waals surface area contributed by atoms with Gasteiger partial charge in [0.1, 0.15) is 0 Å². The second kappa shape index (κ2) is 6.51. The number of nitrogens with zero attached hydrogens (tertiary/aromatic N) is 1. The molecule has 1 aromatic carbocycles. The van der Waals surface area contributed by atoms with Crippen LogP contribution in [0.2, 0.25) is 0 Å². The molecule has 2 atom stereocenters. The maximum Gasteiger partial charge on any atom is 0.239 e. The lowest BCUT2D eigenvalue weighted by Crippen LogP contribution is -2.40. The summed E-state index contributed by atoms with van der Waals surface area (Å²) in [4.78, 5) is 13.3. The van der Waals surface area contributed by atoms with E-state index in [4.69, 9.17) is 5.73 Å². The van der Waals surface area contributed by atoms with Gasteiger partial charge in [-0.15, -0.1) is 12.4 Å². The molecule has 0 radical (unpaired) electrons. The number of carbonyl (C=O) groups excluding carboxylic acids is 1. The number of likely N-dealkylation sites (N-methyl/N-ethyl adjacent to an activating group) is 1. The van der Waals surface area contributed by atoms with Crippen molar-refractivity contribution in [2.45, 2.75) is 25.9 Å². The van der Waals surface area contributed by atoms with Crippen molar-refractivity contribution in [3.8, 4) is 0 Å². The third kappa shape index (κ3) is 3.51. The minimum absolute atomic E-state index is 0. The minimum Gasteiger partial charge on any atom is -0.338 e. The van der Waals surface area contributed by atoms with E-state index in [-0.39, 0.29) is 24.4 Å². The topological polar surface area (TPSA) is 46.3 Å². The Bertz CT molecular complexity index is 327. The van der Waals surface area contributed by atoms with Crippen LogP contribution < -0.4 is 5.73 Å². The standard InChI is InChI=1S/C12H18N2O.ClH/c1-9(13)12(15)14(3)10(2)11-7-5-4-6-8-11;/h4-10H,13H2,1-3H3;1H/t9-,10?;/m0./s1. The zero-order chi connectivity index (χ0) is 11.4. The largest absolute Gasteiger partial charge is 0.338 e. The molecule has 2 N–H and O–H groups in total. The van der Waals surface area contributed by atoms with E-state index < -0.39 is 6.04 Å². The van der Waals surface area contributed by atoms with Crippen molar-refractivity contribution < 1.29 is 4.79 Å². The lowest BCUT2D eigenvalue weighted by Gasteiger charge is -2.26. The Morgan fingerprint density at radius 3 is 2.19 bits per heavy atom. The Hall–Kier alpha value is -1.06. The lowest BCUT2D eigenvalue weighted by molar-refractivity contribution is -0.132. The molecule has 3 nitrogen and oxygen atoms in total. The van der Waals surface area contributed by atoms with Crippen molar-refractivity contribution in [2.24, 2.45) is 5.73 Å². The summed E-state index contributed by atoms with van der Waals surface area (Å²) in [7, 11) is 1.78. The Morgan fingerprint density at radius 2 is 1.75 bits per heavy atom. The molecule has 16 heavy (non-hydrogen) atoms. The Morgan fingerprint density at radius 1 is 1.25 bits per heavy atom. The van der Waals surface area contributed by atoms with E-state index in [1.54, 1.807) is 18.9 Å². The first kappa shape index (κ1) is 14.9. The molecule has 0 spiro atoms. The van der Waals surface area contributed by atoms with E-state index in [0.717, 1.165) is 5.56 Å². The van der Waals surface area contributed by atoms with Crippen LogP contribution in [0, 0.1) is 0 Å². The van der Waals surface area contributed by atoms with Gasteiger partial charge in [-0.1, -0.05) is 30.3 Å². The van der Waals surface area contributed by atoms with Gasteiger partial charge in [-0.05, 0) is 19.4 Å². The molecule has 0 saturated carbocycles. The summed E-state index contributed by atoms with van der Waals surface area (Å²) in [6, 6.07) is 9.53. The van der Waals surface area contributed by atoms with Gasteiger partial charge >= 0.3 is 0 Å². The Labute approximate surface area is 103 Å². The fourth-order valence-corrected chi connectivity index (χ4v) is 1.47. The van der Waals surface area contributed by atoms with Gasteiger partial charge in [0.15, 0.2) is 0 Å². The van der Waals surface area contributed by atoms with Gasteiger partial charge in [0.2, 0.25) is 5.91 Å². The number of carbonyl (C=O) groups is 1. The first-order valence-electron chi connectivity index (χ1n) is 5.11. The van der Waals surface area contributed by atoms with Crippen LogP contribution in [-0.2, 0) is 4.79 Å². The number of amides is 1. The molecule has 1 aromatic rings. The molecule has 0 aliphatic rings. The normalized spacial score (nSPS) is 13.5. The fourth-order valence-electron chi connectivity index (χ4n) is 1.47. The molecule has 0 aliphatic carbocycles. The van der Waals surface area contributed by atoms with Crippen molar-refractivity contribution in [3.05, 3.63) is 35.9 Å². The number of hydrogen-bond donors (Lipinski definition) is 1. The predicted octanol–water partition coefficient (Wildman–Crippen LogP) is 1.98. The number of hydrogen-bond acceptors (Lipinski definition) is 2. The van der Waals surface area contributed by atoms with Gasteiger partial charge in [0.05, 0.1) is 12.1 Å². The zero-order valence-corrected chi connectivity index (χ0v) is 10.7. The smallest absolute Gasteiger partial charge is 0.239 e. The van der Waals surface area contributed by atoms with E-state index in [0.29, 0.717) is 0 Å². The van der Waals surface area contributed by atoms with Crippen LogP contribution in [-0.4, -0.2) is 23.9 Å². The van der Waals surface area contributed by atoms with E-state index in [1.165, 1.54) is 0 Å². The molecular weight excluding hydrogens is 224 g/mol. The average molecular weight is 243 g/mol. The predicted molar refractivity (Wildman–Crippen MR) is 68.5 cm³/mol. The average Bonchev–Trinajstić information content (AvgIpc) is 2.27. The second-order valence-corrected chi connectivity index (χ2v) is 3.82. The molecule has 0 fully saturated rings.